The molecule has 0 aliphatic carbocycles. The van der Waals surface area contributed by atoms with Gasteiger partial charge in [0.25, 0.3) is 11.5 Å². The van der Waals surface area contributed by atoms with Crippen LogP contribution in [0, 0.1) is 13.8 Å². The van der Waals surface area contributed by atoms with Crippen molar-refractivity contribution in [2.45, 2.75) is 118 Å². The number of fused-ring (bicyclic) bond motifs is 6. The number of nitrogens with zero attached hydrogens (tertiary/aromatic N) is 2. The SMILES string of the molecule is CC(C)(C)c1ccc2c(c1)c1cc(C(C)(C)C)ccc1n2-c1scc(-c2ccccc2[OH+]CCCC[OH+]c2ccccc2-c2csc(-n3c4ccc(C(C)(C)C)cc4c4cc(C(C)(C)C)ccc43)c2O)c1O.[CH2-]c1ccccc1.[CH2-]c1ccccc1.[Zr]. The minimum absolute atomic E-state index is 0. The number of thiophene rings is 2. The zero-order valence-electron chi connectivity index (χ0n) is 52.7. The smallest absolute Gasteiger partial charge is 0.262 e. The van der Waals surface area contributed by atoms with E-state index >= 15 is 0 Å². The van der Waals surface area contributed by atoms with Gasteiger partial charge in [-0.05, 0) is 105 Å². The van der Waals surface area contributed by atoms with Crippen molar-refractivity contribution in [1.29, 1.82) is 0 Å². The Kier molecular flexibility index (Phi) is 19.2. The van der Waals surface area contributed by atoms with E-state index in [1.165, 1.54) is 43.8 Å². The molecule has 0 saturated carbocycles. The van der Waals surface area contributed by atoms with E-state index in [-0.39, 0.29) is 59.4 Å². The topological polar surface area (TPSA) is 75.9 Å². The maximum Gasteiger partial charge on any atom is 0.262 e. The number of hydrogen-bond acceptors (Lipinski definition) is 4. The molecule has 87 heavy (non-hydrogen) atoms. The van der Waals surface area contributed by atoms with Crippen molar-refractivity contribution in [3.8, 4) is 55.3 Å². The molecule has 12 rings (SSSR count). The van der Waals surface area contributed by atoms with Crippen LogP contribution in [0.15, 0.2) is 193 Å². The molecule has 0 radical (unpaired) electrons. The summed E-state index contributed by atoms with van der Waals surface area (Å²) in [7, 11) is 0. The van der Waals surface area contributed by atoms with Crippen LogP contribution in [0.3, 0.4) is 0 Å². The zero-order chi connectivity index (χ0) is 61.3. The summed E-state index contributed by atoms with van der Waals surface area (Å²) in [4.78, 5) is 0. The largest absolute Gasteiger partial charge is 0.582 e. The molecular weight excluding hydrogens is 1180 g/mol. The molecule has 0 unspecified atom stereocenters. The van der Waals surface area contributed by atoms with Crippen molar-refractivity contribution >= 4 is 66.3 Å². The Morgan fingerprint density at radius 3 is 0.908 bits per heavy atom. The van der Waals surface area contributed by atoms with Crippen molar-refractivity contribution in [2.24, 2.45) is 0 Å². The summed E-state index contributed by atoms with van der Waals surface area (Å²) in [5, 5.41) is 34.8. The van der Waals surface area contributed by atoms with Crippen molar-refractivity contribution in [3.63, 3.8) is 0 Å². The number of ether oxygens (including phenoxy) is 2. The summed E-state index contributed by atoms with van der Waals surface area (Å²) in [6, 6.07) is 63.2. The van der Waals surface area contributed by atoms with E-state index in [9.17, 15) is 10.2 Å². The molecular formula is C78H84N2O4S2Zr. The summed E-state index contributed by atoms with van der Waals surface area (Å²) < 4.78 is 14.7. The number of aliphatic hydroxyl groups is 2. The molecule has 9 heteroatoms. The van der Waals surface area contributed by atoms with Crippen LogP contribution in [-0.4, -0.2) is 42.0 Å². The Hall–Kier alpha value is -7.42. The Bertz CT molecular complexity index is 3910. The number of benzene rings is 8. The van der Waals surface area contributed by atoms with Gasteiger partial charge in [-0.1, -0.05) is 144 Å². The molecule has 0 saturated heterocycles. The van der Waals surface area contributed by atoms with Gasteiger partial charge in [-0.2, -0.15) is 49.2 Å². The quantitative estimate of drug-likeness (QED) is 0.0769. The third kappa shape index (κ3) is 14.0. The predicted octanol–water partition coefficient (Wildman–Crippen LogP) is 21.6. The minimum Gasteiger partial charge on any atom is -0.582 e. The Morgan fingerprint density at radius 1 is 0.368 bits per heavy atom. The predicted molar refractivity (Wildman–Crippen MR) is 370 cm³/mol. The Balaban J connectivity index is 0.000000530. The van der Waals surface area contributed by atoms with Gasteiger partial charge in [0.05, 0.1) is 33.2 Å². The maximum absolute atomic E-state index is 12.2. The van der Waals surface area contributed by atoms with Crippen LogP contribution in [0.1, 0.15) is 129 Å². The van der Waals surface area contributed by atoms with Crippen LogP contribution < -0.4 is 0 Å². The molecule has 0 aliphatic heterocycles. The number of rotatable bonds is 11. The molecule has 6 nitrogen and oxygen atoms in total. The number of hydrogen-bond donors (Lipinski definition) is 2. The minimum atomic E-state index is 0. The Morgan fingerprint density at radius 2 is 0.644 bits per heavy atom. The number of unbranched alkanes of at least 4 members (excludes halogenated alkanes) is 1. The molecule has 12 aromatic rings. The van der Waals surface area contributed by atoms with E-state index in [0.717, 1.165) is 89.8 Å². The van der Waals surface area contributed by atoms with Crippen molar-refractivity contribution in [3.05, 3.63) is 240 Å². The standard InChI is InChI=1S/C64H68N2O4S2.2C7H7.Zr/c1-61(2,3)39-23-27-51-45(33-39)46-34-40(62(4,5)6)24-28-52(46)65(51)59-57(67)49(37-71-59)43-19-13-15-21-55(43)69-31-17-18-32-70-56-22-16-14-20-44(56)50-38-72-60(58(50)68)66-53-29-25-41(63(7,8)9)35-47(53)48-36-42(64(10,11)12)26-30-54(48)66;2*1-7-5-3-2-4-6-7;/h13-16,19-30,33-38,67-68H,17-18,31-32H2,1-12H3;2*2-6H,1H2;/q;2*-1;/p+2. The van der Waals surface area contributed by atoms with Crippen LogP contribution in [-0.2, 0) is 47.9 Å². The van der Waals surface area contributed by atoms with Gasteiger partial charge in [-0.25, -0.2) is 0 Å². The monoisotopic (exact) mass is 1270 g/mol. The second-order valence-corrected chi connectivity index (χ2v) is 28.4. The summed E-state index contributed by atoms with van der Waals surface area (Å²) in [6.07, 6.45) is 1.70. The van der Waals surface area contributed by atoms with Gasteiger partial charge in [0, 0.05) is 94.6 Å². The molecule has 0 atom stereocenters. The third-order valence-corrected chi connectivity index (χ3v) is 18.0. The second kappa shape index (κ2) is 26.1. The van der Waals surface area contributed by atoms with Gasteiger partial charge >= 0.3 is 0 Å². The molecule has 0 amide bonds. The Labute approximate surface area is 543 Å². The van der Waals surface area contributed by atoms with Gasteiger partial charge < -0.3 is 19.7 Å². The zero-order valence-corrected chi connectivity index (χ0v) is 56.8. The first-order valence-electron chi connectivity index (χ1n) is 30.0. The van der Waals surface area contributed by atoms with E-state index in [2.05, 4.69) is 202 Å². The van der Waals surface area contributed by atoms with E-state index in [1.807, 2.05) is 97.1 Å². The van der Waals surface area contributed by atoms with Crippen LogP contribution in [0.4, 0.5) is 0 Å². The molecule has 8 aromatic carbocycles. The van der Waals surface area contributed by atoms with Crippen LogP contribution in [0.5, 0.6) is 23.0 Å². The number of aromatic nitrogens is 2. The maximum atomic E-state index is 12.2. The van der Waals surface area contributed by atoms with Crippen molar-refractivity contribution in [1.82, 2.24) is 9.13 Å². The molecule has 0 aliphatic rings. The van der Waals surface area contributed by atoms with E-state index in [0.29, 0.717) is 13.2 Å². The first kappa shape index (κ1) is 64.1. The molecule has 4 aromatic heterocycles. The first-order valence-corrected chi connectivity index (χ1v) is 31.7. The number of aromatic hydroxyl groups is 4. The van der Waals surface area contributed by atoms with E-state index in [4.69, 9.17) is 9.47 Å². The average molecular weight is 1270 g/mol. The fourth-order valence-electron chi connectivity index (χ4n) is 11.0. The van der Waals surface area contributed by atoms with Crippen molar-refractivity contribution < 1.29 is 45.9 Å². The third-order valence-electron chi connectivity index (χ3n) is 16.1. The summed E-state index contributed by atoms with van der Waals surface area (Å²) in [5.74, 6) is 2.26. The molecule has 446 valence electrons. The first-order chi connectivity index (χ1) is 40.9. The number of para-hydroxylation sites is 2. The molecule has 0 spiro atoms. The summed E-state index contributed by atoms with van der Waals surface area (Å²) in [6.45, 7) is 35.8. The fraction of sp³-hybridized carbons (Fsp3) is 0.256. The van der Waals surface area contributed by atoms with Gasteiger partial charge in [0.1, 0.15) is 10.0 Å². The van der Waals surface area contributed by atoms with Crippen LogP contribution >= 0.6 is 22.7 Å². The molecule has 0 bridgehead atoms. The van der Waals surface area contributed by atoms with Gasteiger partial charge in [0.15, 0.2) is 24.7 Å². The normalized spacial score (nSPS) is 12.0. The second-order valence-electron chi connectivity index (χ2n) is 26.7. The molecule has 4 N–H and O–H groups in total. The molecule has 0 fully saturated rings. The molecule has 4 heterocycles. The fourth-order valence-corrected chi connectivity index (χ4v) is 13.0. The van der Waals surface area contributed by atoms with E-state index < -0.39 is 0 Å². The van der Waals surface area contributed by atoms with Gasteiger partial charge in [0.2, 0.25) is 0 Å². The van der Waals surface area contributed by atoms with Crippen LogP contribution in [0.2, 0.25) is 0 Å². The summed E-state index contributed by atoms with van der Waals surface area (Å²) in [5.41, 5.74) is 15.0. The van der Waals surface area contributed by atoms with Gasteiger partial charge in [-0.15, -0.1) is 46.9 Å². The van der Waals surface area contributed by atoms with Crippen LogP contribution in [0.25, 0.3) is 75.9 Å². The van der Waals surface area contributed by atoms with Gasteiger partial charge in [-0.3, -0.25) is 9.13 Å². The summed E-state index contributed by atoms with van der Waals surface area (Å²) >= 11 is 3.13. The average Bonchev–Trinajstić information content (AvgIpc) is 1.62. The van der Waals surface area contributed by atoms with E-state index in [1.54, 1.807) is 22.7 Å². The van der Waals surface area contributed by atoms with Crippen molar-refractivity contribution in [2.75, 3.05) is 13.2 Å².